The van der Waals surface area contributed by atoms with Gasteiger partial charge in [0.2, 0.25) is 0 Å². The summed E-state index contributed by atoms with van der Waals surface area (Å²) in [4.78, 5) is 0. The van der Waals surface area contributed by atoms with Gasteiger partial charge in [-0.3, -0.25) is 4.68 Å². The minimum Gasteiger partial charge on any atom is -0.396 e. The summed E-state index contributed by atoms with van der Waals surface area (Å²) in [5.41, 5.74) is 1.74. The van der Waals surface area contributed by atoms with Crippen LogP contribution < -0.4 is 0 Å². The van der Waals surface area contributed by atoms with Crippen LogP contribution in [-0.2, 0) is 13.0 Å². The molecule has 3 nitrogen and oxygen atoms in total. The van der Waals surface area contributed by atoms with Gasteiger partial charge in [-0.05, 0) is 25.7 Å². The normalized spacial score (nSPS) is 12.1. The minimum absolute atomic E-state index is 0.150. The molecule has 0 atom stereocenters. The topological polar surface area (TPSA) is 38.0 Å². The van der Waals surface area contributed by atoms with E-state index in [0.717, 1.165) is 29.4 Å². The fourth-order valence-corrected chi connectivity index (χ4v) is 1.75. The number of aliphatic hydroxyl groups excluding tert-OH is 1. The Kier molecular flexibility index (Phi) is 3.79. The van der Waals surface area contributed by atoms with Crippen molar-refractivity contribution in [1.29, 1.82) is 0 Å². The van der Waals surface area contributed by atoms with Crippen LogP contribution in [0.2, 0.25) is 5.02 Å². The van der Waals surface area contributed by atoms with Crippen LogP contribution in [0.1, 0.15) is 32.2 Å². The quantitative estimate of drug-likeness (QED) is 0.863. The van der Waals surface area contributed by atoms with Crippen molar-refractivity contribution in [3.8, 4) is 0 Å². The Morgan fingerprint density at radius 2 is 2.07 bits per heavy atom. The molecule has 1 aromatic rings. The highest BCUT2D eigenvalue weighted by Gasteiger charge is 2.22. The molecule has 0 aliphatic carbocycles. The Morgan fingerprint density at radius 1 is 1.47 bits per heavy atom. The SMILES string of the molecule is CCn1nc(C)c(Cl)c1CC(C)(C)CO. The summed E-state index contributed by atoms with van der Waals surface area (Å²) in [6, 6.07) is 0. The molecule has 1 aromatic heterocycles. The van der Waals surface area contributed by atoms with Crippen molar-refractivity contribution in [3.63, 3.8) is 0 Å². The molecule has 0 spiro atoms. The molecule has 0 unspecified atom stereocenters. The monoisotopic (exact) mass is 230 g/mol. The highest BCUT2D eigenvalue weighted by Crippen LogP contribution is 2.28. The molecular weight excluding hydrogens is 212 g/mol. The maximum atomic E-state index is 9.24. The number of rotatable bonds is 4. The molecule has 0 aliphatic heterocycles. The first-order chi connectivity index (χ1) is 6.91. The maximum absolute atomic E-state index is 9.24. The lowest BCUT2D eigenvalue weighted by atomic mass is 9.89. The van der Waals surface area contributed by atoms with Crippen LogP contribution in [0, 0.1) is 12.3 Å². The third kappa shape index (κ3) is 2.73. The Hall–Kier alpha value is -0.540. The van der Waals surface area contributed by atoms with E-state index in [2.05, 4.69) is 5.10 Å². The lowest BCUT2D eigenvalue weighted by molar-refractivity contribution is 0.157. The smallest absolute Gasteiger partial charge is 0.0847 e. The van der Waals surface area contributed by atoms with Crippen molar-refractivity contribution in [2.24, 2.45) is 5.41 Å². The van der Waals surface area contributed by atoms with Crippen LogP contribution >= 0.6 is 11.6 Å². The molecule has 1 heterocycles. The van der Waals surface area contributed by atoms with E-state index in [9.17, 15) is 5.11 Å². The first kappa shape index (κ1) is 12.5. The predicted molar refractivity (Wildman–Crippen MR) is 62.2 cm³/mol. The van der Waals surface area contributed by atoms with Crippen LogP contribution in [0.15, 0.2) is 0 Å². The van der Waals surface area contributed by atoms with Gasteiger partial charge < -0.3 is 5.11 Å². The molecule has 0 saturated heterocycles. The van der Waals surface area contributed by atoms with Gasteiger partial charge in [0.25, 0.3) is 0 Å². The summed E-state index contributed by atoms with van der Waals surface area (Å²) in [6.45, 7) is 8.95. The van der Waals surface area contributed by atoms with Gasteiger partial charge in [-0.1, -0.05) is 25.4 Å². The Labute approximate surface area is 96.1 Å². The van der Waals surface area contributed by atoms with E-state index in [1.807, 2.05) is 32.4 Å². The molecule has 0 aromatic carbocycles. The van der Waals surface area contributed by atoms with Crippen molar-refractivity contribution < 1.29 is 5.11 Å². The summed E-state index contributed by atoms with van der Waals surface area (Å²) >= 11 is 6.19. The van der Waals surface area contributed by atoms with Gasteiger partial charge in [0.1, 0.15) is 0 Å². The van der Waals surface area contributed by atoms with E-state index in [4.69, 9.17) is 11.6 Å². The molecule has 1 N–H and O–H groups in total. The van der Waals surface area contributed by atoms with E-state index in [1.54, 1.807) is 0 Å². The molecule has 86 valence electrons. The van der Waals surface area contributed by atoms with Gasteiger partial charge in [0, 0.05) is 13.2 Å². The molecule has 0 fully saturated rings. The van der Waals surface area contributed by atoms with Gasteiger partial charge in [0.15, 0.2) is 0 Å². The second kappa shape index (κ2) is 4.54. The molecule has 4 heteroatoms. The van der Waals surface area contributed by atoms with Gasteiger partial charge >= 0.3 is 0 Å². The number of aromatic nitrogens is 2. The second-order valence-corrected chi connectivity index (χ2v) is 5.04. The molecule has 0 amide bonds. The lowest BCUT2D eigenvalue weighted by Crippen LogP contribution is -2.22. The zero-order valence-corrected chi connectivity index (χ0v) is 10.6. The van der Waals surface area contributed by atoms with E-state index in [1.165, 1.54) is 0 Å². The van der Waals surface area contributed by atoms with Gasteiger partial charge in [-0.2, -0.15) is 5.10 Å². The lowest BCUT2D eigenvalue weighted by Gasteiger charge is -2.21. The van der Waals surface area contributed by atoms with Gasteiger partial charge in [0.05, 0.1) is 16.4 Å². The number of halogens is 1. The molecule has 0 aliphatic rings. The van der Waals surface area contributed by atoms with E-state index in [-0.39, 0.29) is 12.0 Å². The molecule has 1 rings (SSSR count). The number of aliphatic hydroxyl groups is 1. The van der Waals surface area contributed by atoms with Crippen LogP contribution in [0.4, 0.5) is 0 Å². The maximum Gasteiger partial charge on any atom is 0.0847 e. The van der Waals surface area contributed by atoms with Gasteiger partial charge in [-0.15, -0.1) is 0 Å². The second-order valence-electron chi connectivity index (χ2n) is 4.66. The first-order valence-electron chi connectivity index (χ1n) is 5.24. The average Bonchev–Trinajstić information content (AvgIpc) is 2.45. The zero-order valence-electron chi connectivity index (χ0n) is 9.84. The molecule has 0 bridgehead atoms. The minimum atomic E-state index is -0.150. The zero-order chi connectivity index (χ0) is 11.6. The van der Waals surface area contributed by atoms with Crippen molar-refractivity contribution in [1.82, 2.24) is 9.78 Å². The van der Waals surface area contributed by atoms with Crippen molar-refractivity contribution in [2.45, 2.75) is 40.7 Å². The summed E-state index contributed by atoms with van der Waals surface area (Å²) in [5, 5.41) is 14.3. The standard InChI is InChI=1S/C11H19ClN2O/c1-5-14-9(6-11(3,4)7-15)10(12)8(2)13-14/h15H,5-7H2,1-4H3. The number of aryl methyl sites for hydroxylation is 2. The largest absolute Gasteiger partial charge is 0.396 e. The van der Waals surface area contributed by atoms with Crippen molar-refractivity contribution >= 4 is 11.6 Å². The molecule has 0 saturated carbocycles. The third-order valence-electron chi connectivity index (χ3n) is 2.53. The fraction of sp³-hybridized carbons (Fsp3) is 0.727. The summed E-state index contributed by atoms with van der Waals surface area (Å²) in [6.07, 6.45) is 0.747. The van der Waals surface area contributed by atoms with Gasteiger partial charge in [-0.25, -0.2) is 0 Å². The van der Waals surface area contributed by atoms with Crippen molar-refractivity contribution in [3.05, 3.63) is 16.4 Å². The van der Waals surface area contributed by atoms with Crippen LogP contribution in [0.25, 0.3) is 0 Å². The van der Waals surface area contributed by atoms with Crippen LogP contribution in [-0.4, -0.2) is 21.5 Å². The summed E-state index contributed by atoms with van der Waals surface area (Å²) in [7, 11) is 0. The van der Waals surface area contributed by atoms with E-state index < -0.39 is 0 Å². The number of hydrogen-bond acceptors (Lipinski definition) is 2. The molecule has 15 heavy (non-hydrogen) atoms. The Morgan fingerprint density at radius 3 is 2.53 bits per heavy atom. The van der Waals surface area contributed by atoms with Crippen LogP contribution in [0.5, 0.6) is 0 Å². The Bertz CT molecular complexity index is 345. The highest BCUT2D eigenvalue weighted by molar-refractivity contribution is 6.31. The molecule has 0 radical (unpaired) electrons. The predicted octanol–water partition coefficient (Wildman–Crippen LogP) is 2.43. The van der Waals surface area contributed by atoms with E-state index >= 15 is 0 Å². The highest BCUT2D eigenvalue weighted by atomic mass is 35.5. The average molecular weight is 231 g/mol. The van der Waals surface area contributed by atoms with Crippen molar-refractivity contribution in [2.75, 3.05) is 6.61 Å². The van der Waals surface area contributed by atoms with E-state index in [0.29, 0.717) is 0 Å². The first-order valence-corrected chi connectivity index (χ1v) is 5.61. The fourth-order valence-electron chi connectivity index (χ4n) is 1.55. The Balaban J connectivity index is 3.03. The summed E-state index contributed by atoms with van der Waals surface area (Å²) < 4.78 is 1.91. The third-order valence-corrected chi connectivity index (χ3v) is 3.02. The molecular formula is C11H19ClN2O. The number of nitrogens with zero attached hydrogens (tertiary/aromatic N) is 2. The summed E-state index contributed by atoms with van der Waals surface area (Å²) in [5.74, 6) is 0. The van der Waals surface area contributed by atoms with Crippen LogP contribution in [0.3, 0.4) is 0 Å². The number of hydrogen-bond donors (Lipinski definition) is 1.